The number of ether oxygens (including phenoxy) is 3. The highest BCUT2D eigenvalue weighted by atomic mass is 35.5. The number of carbonyl (C=O) groups excluding carboxylic acids is 1. The number of hydrogen-bond donors (Lipinski definition) is 1. The molecule has 43 heavy (non-hydrogen) atoms. The van der Waals surface area contributed by atoms with E-state index in [2.05, 4.69) is 10.3 Å². The lowest BCUT2D eigenvalue weighted by Gasteiger charge is -2.43. The lowest BCUT2D eigenvalue weighted by molar-refractivity contribution is -0.00794. The van der Waals surface area contributed by atoms with E-state index in [1.807, 2.05) is 53.4 Å². The molecule has 2 aromatic heterocycles. The second-order valence-electron chi connectivity index (χ2n) is 12.6. The Labute approximate surface area is 262 Å². The second-order valence-corrected chi connectivity index (χ2v) is 13.4. The first kappa shape index (κ1) is 32.7. The molecule has 0 aliphatic heterocycles. The SMILES string of the molecule is CCn1c(=O)c(-c2c(Cl)c(OC)cc(OC)c2Cl)cc2cnc(N[C@@H]3CCC[C@@H]3N(C(=O)OC(C)(C)C)C(C)(C)C)nc21. The Hall–Kier alpha value is -3.24. The maximum absolute atomic E-state index is 13.8. The Morgan fingerprint density at radius 2 is 1.70 bits per heavy atom. The van der Waals surface area contributed by atoms with E-state index in [-0.39, 0.29) is 39.3 Å². The molecule has 1 aliphatic rings. The zero-order valence-electron chi connectivity index (χ0n) is 26.3. The first-order valence-corrected chi connectivity index (χ1v) is 15.2. The Balaban J connectivity index is 1.75. The minimum absolute atomic E-state index is 0.105. The van der Waals surface area contributed by atoms with E-state index in [1.54, 1.807) is 22.9 Å². The molecule has 12 heteroatoms. The fraction of sp³-hybridized carbons (Fsp3) is 0.548. The van der Waals surface area contributed by atoms with Crippen molar-refractivity contribution in [1.29, 1.82) is 0 Å². The summed E-state index contributed by atoms with van der Waals surface area (Å²) < 4.78 is 18.2. The number of anilines is 1. The number of methoxy groups -OCH3 is 2. The van der Waals surface area contributed by atoms with Crippen molar-refractivity contribution in [2.45, 2.75) is 97.5 Å². The van der Waals surface area contributed by atoms with Gasteiger partial charge in [0.15, 0.2) is 0 Å². The van der Waals surface area contributed by atoms with E-state index in [1.165, 1.54) is 14.2 Å². The Kier molecular flexibility index (Phi) is 9.42. The number of fused-ring (bicyclic) bond motifs is 1. The molecule has 0 saturated heterocycles. The molecule has 0 unspecified atom stereocenters. The van der Waals surface area contributed by atoms with Gasteiger partial charge in [0.1, 0.15) is 22.7 Å². The number of nitrogens with one attached hydrogen (secondary N) is 1. The molecule has 1 aromatic carbocycles. The molecule has 1 N–H and O–H groups in total. The van der Waals surface area contributed by atoms with E-state index in [0.717, 1.165) is 19.3 Å². The third-order valence-electron chi connectivity index (χ3n) is 7.42. The van der Waals surface area contributed by atoms with Gasteiger partial charge in [0, 0.05) is 41.3 Å². The molecular formula is C31H41Cl2N5O5. The lowest BCUT2D eigenvalue weighted by atomic mass is 10.0. The summed E-state index contributed by atoms with van der Waals surface area (Å²) in [7, 11) is 2.96. The van der Waals surface area contributed by atoms with Crippen molar-refractivity contribution in [2.75, 3.05) is 19.5 Å². The summed E-state index contributed by atoms with van der Waals surface area (Å²) in [5.41, 5.74) is -0.344. The zero-order valence-corrected chi connectivity index (χ0v) is 27.8. The van der Waals surface area contributed by atoms with Gasteiger partial charge < -0.3 is 19.5 Å². The third kappa shape index (κ3) is 6.65. The van der Waals surface area contributed by atoms with Gasteiger partial charge in [-0.3, -0.25) is 14.3 Å². The Bertz CT molecular complexity index is 1550. The van der Waals surface area contributed by atoms with Crippen LogP contribution in [0, 0.1) is 0 Å². The number of aromatic nitrogens is 3. The molecule has 4 rings (SSSR count). The fourth-order valence-corrected chi connectivity index (χ4v) is 6.33. The van der Waals surface area contributed by atoms with Crippen molar-refractivity contribution < 1.29 is 19.0 Å². The average molecular weight is 635 g/mol. The highest BCUT2D eigenvalue weighted by molar-refractivity contribution is 6.41. The van der Waals surface area contributed by atoms with Crippen LogP contribution in [0.3, 0.4) is 0 Å². The number of pyridine rings is 1. The van der Waals surface area contributed by atoms with Gasteiger partial charge in [-0.2, -0.15) is 4.98 Å². The first-order valence-electron chi connectivity index (χ1n) is 14.4. The molecule has 234 valence electrons. The molecule has 1 saturated carbocycles. The van der Waals surface area contributed by atoms with Gasteiger partial charge in [0.25, 0.3) is 5.56 Å². The fourth-order valence-electron chi connectivity index (χ4n) is 5.62. The molecule has 1 amide bonds. The quantitative estimate of drug-likeness (QED) is 0.292. The number of carbonyl (C=O) groups is 1. The molecule has 2 atom stereocenters. The monoisotopic (exact) mass is 633 g/mol. The van der Waals surface area contributed by atoms with Crippen LogP contribution in [-0.4, -0.2) is 63.0 Å². The van der Waals surface area contributed by atoms with Gasteiger partial charge in [-0.15, -0.1) is 0 Å². The lowest BCUT2D eigenvalue weighted by Crippen LogP contribution is -2.56. The molecular weight excluding hydrogens is 593 g/mol. The highest BCUT2D eigenvalue weighted by Crippen LogP contribution is 2.45. The summed E-state index contributed by atoms with van der Waals surface area (Å²) in [6, 6.07) is 3.03. The smallest absolute Gasteiger partial charge is 0.411 e. The molecule has 10 nitrogen and oxygen atoms in total. The molecule has 0 spiro atoms. The standard InChI is InChI=1S/C31H41Cl2N5O5/c1-10-37-26-17(14-18(27(37)39)23-24(32)21(41-8)15-22(42-9)25(23)33)16-34-28(36-26)35-19-12-11-13-20(19)38(30(2,3)4)29(40)43-31(5,6)7/h14-16,19-20H,10-13H2,1-9H3,(H,34,35,36)/t19-,20+/m1/s1. The van der Waals surface area contributed by atoms with Crippen LogP contribution in [0.1, 0.15) is 67.7 Å². The van der Waals surface area contributed by atoms with Crippen LogP contribution in [0.5, 0.6) is 11.5 Å². The zero-order chi connectivity index (χ0) is 31.9. The number of halogens is 2. The van der Waals surface area contributed by atoms with Crippen molar-refractivity contribution in [3.8, 4) is 22.6 Å². The van der Waals surface area contributed by atoms with Gasteiger partial charge in [-0.1, -0.05) is 23.2 Å². The average Bonchev–Trinajstić information content (AvgIpc) is 3.34. The Morgan fingerprint density at radius 1 is 1.07 bits per heavy atom. The van der Waals surface area contributed by atoms with Gasteiger partial charge in [-0.25, -0.2) is 9.78 Å². The largest absolute Gasteiger partial charge is 0.495 e. The van der Waals surface area contributed by atoms with Crippen LogP contribution >= 0.6 is 23.2 Å². The van der Waals surface area contributed by atoms with Crippen LogP contribution in [-0.2, 0) is 11.3 Å². The second kappa shape index (κ2) is 12.4. The van der Waals surface area contributed by atoms with Crippen LogP contribution in [0.2, 0.25) is 10.0 Å². The summed E-state index contributed by atoms with van der Waals surface area (Å²) in [5, 5.41) is 4.49. The summed E-state index contributed by atoms with van der Waals surface area (Å²) in [6.07, 6.45) is 3.89. The van der Waals surface area contributed by atoms with Crippen LogP contribution in [0.4, 0.5) is 10.7 Å². The summed E-state index contributed by atoms with van der Waals surface area (Å²) >= 11 is 13.3. The summed E-state index contributed by atoms with van der Waals surface area (Å²) in [6.45, 7) is 13.8. The molecule has 1 aliphatic carbocycles. The Morgan fingerprint density at radius 3 is 2.23 bits per heavy atom. The van der Waals surface area contributed by atoms with Gasteiger partial charge in [0.2, 0.25) is 5.95 Å². The molecule has 0 radical (unpaired) electrons. The van der Waals surface area contributed by atoms with Gasteiger partial charge in [0.05, 0.1) is 35.9 Å². The minimum atomic E-state index is -0.614. The van der Waals surface area contributed by atoms with Crippen LogP contribution in [0.25, 0.3) is 22.2 Å². The van der Waals surface area contributed by atoms with Crippen molar-refractivity contribution >= 4 is 46.3 Å². The van der Waals surface area contributed by atoms with E-state index in [4.69, 9.17) is 42.4 Å². The van der Waals surface area contributed by atoms with E-state index in [9.17, 15) is 9.59 Å². The third-order valence-corrected chi connectivity index (χ3v) is 8.18. The number of benzene rings is 1. The number of hydrogen-bond acceptors (Lipinski definition) is 8. The predicted octanol–water partition coefficient (Wildman–Crippen LogP) is 7.17. The van der Waals surface area contributed by atoms with Gasteiger partial charge in [-0.05, 0) is 73.8 Å². The van der Waals surface area contributed by atoms with Gasteiger partial charge >= 0.3 is 6.09 Å². The van der Waals surface area contributed by atoms with E-state index < -0.39 is 11.1 Å². The molecule has 0 bridgehead atoms. The topological polar surface area (TPSA) is 108 Å². The minimum Gasteiger partial charge on any atom is -0.495 e. The van der Waals surface area contributed by atoms with E-state index >= 15 is 0 Å². The maximum Gasteiger partial charge on any atom is 0.411 e. The molecule has 2 heterocycles. The first-order chi connectivity index (χ1) is 20.1. The van der Waals surface area contributed by atoms with Crippen molar-refractivity contribution in [3.63, 3.8) is 0 Å². The van der Waals surface area contributed by atoms with Crippen molar-refractivity contribution in [3.05, 3.63) is 38.7 Å². The number of aryl methyl sites for hydroxylation is 1. The normalized spacial score (nSPS) is 17.2. The number of nitrogens with zero attached hydrogens (tertiary/aromatic N) is 4. The van der Waals surface area contributed by atoms with Crippen LogP contribution < -0.4 is 20.3 Å². The molecule has 1 fully saturated rings. The molecule has 3 aromatic rings. The van der Waals surface area contributed by atoms with E-state index in [0.29, 0.717) is 40.6 Å². The van der Waals surface area contributed by atoms with Crippen LogP contribution in [0.15, 0.2) is 23.1 Å². The summed E-state index contributed by atoms with van der Waals surface area (Å²) in [5.74, 6) is 1.03. The predicted molar refractivity (Wildman–Crippen MR) is 171 cm³/mol. The highest BCUT2D eigenvalue weighted by Gasteiger charge is 2.42. The number of rotatable bonds is 7. The maximum atomic E-state index is 13.8. The number of amides is 1. The van der Waals surface area contributed by atoms with Crippen molar-refractivity contribution in [1.82, 2.24) is 19.4 Å². The van der Waals surface area contributed by atoms with Crippen molar-refractivity contribution in [2.24, 2.45) is 0 Å². The summed E-state index contributed by atoms with van der Waals surface area (Å²) in [4.78, 5) is 38.4.